The molecule has 5 heteroatoms. The third kappa shape index (κ3) is 1.28. The van der Waals surface area contributed by atoms with Gasteiger partial charge in [-0.15, -0.1) is 0 Å². The molecule has 2 aromatic rings. The van der Waals surface area contributed by atoms with Crippen LogP contribution in [0.5, 0.6) is 0 Å². The smallest absolute Gasteiger partial charge is 0.155 e. The number of hydrogen-bond donors (Lipinski definition) is 1. The quantitative estimate of drug-likeness (QED) is 0.747. The number of aliphatic hydroxyl groups excluding tert-OH is 1. The average molecular weight is 198 g/mol. The van der Waals surface area contributed by atoms with E-state index >= 15 is 0 Å². The Kier molecular flexibility index (Phi) is 1.94. The summed E-state index contributed by atoms with van der Waals surface area (Å²) in [5, 5.41) is 9.33. The van der Waals surface area contributed by atoms with E-state index < -0.39 is 0 Å². The molecule has 0 atom stereocenters. The lowest BCUT2D eigenvalue weighted by molar-refractivity contribution is 0.279. The van der Waals surface area contributed by atoms with E-state index in [1.807, 2.05) is 13.1 Å². The van der Waals surface area contributed by atoms with Crippen molar-refractivity contribution in [3.05, 3.63) is 29.1 Å². The molecular formula is C8H8ClN3O. The molecule has 2 rings (SSSR count). The van der Waals surface area contributed by atoms with Crippen LogP contribution < -0.4 is 0 Å². The summed E-state index contributed by atoms with van der Waals surface area (Å²) in [6.45, 7) is 1.73. The molecule has 0 radical (unpaired) electrons. The first-order valence-electron chi connectivity index (χ1n) is 3.82. The molecule has 1 N–H and O–H groups in total. The van der Waals surface area contributed by atoms with Crippen LogP contribution in [0.2, 0.25) is 5.15 Å². The van der Waals surface area contributed by atoms with Crippen molar-refractivity contribution < 1.29 is 5.11 Å². The fourth-order valence-corrected chi connectivity index (χ4v) is 1.62. The molecule has 13 heavy (non-hydrogen) atoms. The van der Waals surface area contributed by atoms with Gasteiger partial charge in [0.05, 0.1) is 24.3 Å². The predicted octanol–water partition coefficient (Wildman–Crippen LogP) is 1.18. The average Bonchev–Trinajstić information content (AvgIpc) is 2.47. The maximum Gasteiger partial charge on any atom is 0.155 e. The summed E-state index contributed by atoms with van der Waals surface area (Å²) < 4.78 is 1.76. The number of rotatable bonds is 1. The third-order valence-corrected chi connectivity index (χ3v) is 2.08. The van der Waals surface area contributed by atoms with Gasteiger partial charge in [-0.2, -0.15) is 0 Å². The summed E-state index contributed by atoms with van der Waals surface area (Å²) in [6.07, 6.45) is 3.43. The van der Waals surface area contributed by atoms with E-state index in [0.29, 0.717) is 16.4 Å². The predicted molar refractivity (Wildman–Crippen MR) is 48.7 cm³/mol. The molecule has 4 nitrogen and oxygen atoms in total. The molecule has 0 aliphatic heterocycles. The highest BCUT2D eigenvalue weighted by atomic mass is 35.5. The molecular weight excluding hydrogens is 190 g/mol. The summed E-state index contributed by atoms with van der Waals surface area (Å²) in [5.41, 5.74) is 2.05. The summed E-state index contributed by atoms with van der Waals surface area (Å²) in [5.74, 6) is 0. The number of hydrogen-bond acceptors (Lipinski definition) is 3. The minimum atomic E-state index is -0.124. The molecule has 68 valence electrons. The SMILES string of the molecule is Cc1cn2cnc(CO)c2c(Cl)n1. The van der Waals surface area contributed by atoms with E-state index in [0.717, 1.165) is 5.69 Å². The van der Waals surface area contributed by atoms with Crippen molar-refractivity contribution >= 4 is 17.1 Å². The molecule has 2 aromatic heterocycles. The number of aliphatic hydroxyl groups is 1. The zero-order chi connectivity index (χ0) is 9.42. The monoisotopic (exact) mass is 197 g/mol. The van der Waals surface area contributed by atoms with Gasteiger partial charge in [-0.25, -0.2) is 9.97 Å². The fraction of sp³-hybridized carbons (Fsp3) is 0.250. The summed E-state index contributed by atoms with van der Waals surface area (Å²) in [6, 6.07) is 0. The first-order chi connectivity index (χ1) is 6.22. The van der Waals surface area contributed by atoms with Gasteiger partial charge in [-0.05, 0) is 6.92 Å². The Balaban J connectivity index is 2.82. The van der Waals surface area contributed by atoms with E-state index in [1.54, 1.807) is 10.7 Å². The van der Waals surface area contributed by atoms with Gasteiger partial charge in [0.25, 0.3) is 0 Å². The Bertz CT molecular complexity index is 452. The largest absolute Gasteiger partial charge is 0.390 e. The third-order valence-electron chi connectivity index (χ3n) is 1.82. The zero-order valence-electron chi connectivity index (χ0n) is 7.03. The number of nitrogens with zero attached hydrogens (tertiary/aromatic N) is 3. The van der Waals surface area contributed by atoms with Gasteiger partial charge in [0.2, 0.25) is 0 Å². The number of aromatic nitrogens is 3. The van der Waals surface area contributed by atoms with Crippen LogP contribution in [0.4, 0.5) is 0 Å². The van der Waals surface area contributed by atoms with Crippen LogP contribution in [-0.4, -0.2) is 19.5 Å². The van der Waals surface area contributed by atoms with Crippen LogP contribution in [-0.2, 0) is 6.61 Å². The van der Waals surface area contributed by atoms with Crippen molar-refractivity contribution in [1.29, 1.82) is 0 Å². The van der Waals surface area contributed by atoms with E-state index in [4.69, 9.17) is 16.7 Å². The lowest BCUT2D eigenvalue weighted by atomic mass is 10.4. The van der Waals surface area contributed by atoms with Crippen molar-refractivity contribution in [2.45, 2.75) is 13.5 Å². The first kappa shape index (κ1) is 8.47. The number of imidazole rings is 1. The van der Waals surface area contributed by atoms with Crippen molar-refractivity contribution in [3.8, 4) is 0 Å². The molecule has 0 amide bonds. The van der Waals surface area contributed by atoms with Crippen molar-refractivity contribution in [2.75, 3.05) is 0 Å². The second-order valence-electron chi connectivity index (χ2n) is 2.78. The lowest BCUT2D eigenvalue weighted by Crippen LogP contribution is -1.92. The second kappa shape index (κ2) is 2.97. The van der Waals surface area contributed by atoms with Crippen LogP contribution >= 0.6 is 11.6 Å². The molecule has 0 spiro atoms. The Morgan fingerprint density at radius 3 is 3.08 bits per heavy atom. The highest BCUT2D eigenvalue weighted by molar-refractivity contribution is 6.32. The Hall–Kier alpha value is -1.13. The van der Waals surface area contributed by atoms with E-state index in [2.05, 4.69) is 9.97 Å². The Morgan fingerprint density at radius 2 is 2.38 bits per heavy atom. The number of fused-ring (bicyclic) bond motifs is 1. The van der Waals surface area contributed by atoms with Crippen LogP contribution in [0.15, 0.2) is 12.5 Å². The molecule has 0 aromatic carbocycles. The van der Waals surface area contributed by atoms with Gasteiger partial charge in [0.15, 0.2) is 5.15 Å². The summed E-state index contributed by atoms with van der Waals surface area (Å²) in [7, 11) is 0. The van der Waals surface area contributed by atoms with Crippen molar-refractivity contribution in [3.63, 3.8) is 0 Å². The van der Waals surface area contributed by atoms with Crippen LogP contribution in [0.1, 0.15) is 11.4 Å². The topological polar surface area (TPSA) is 50.4 Å². The highest BCUT2D eigenvalue weighted by Gasteiger charge is 2.08. The van der Waals surface area contributed by atoms with Gasteiger partial charge >= 0.3 is 0 Å². The first-order valence-corrected chi connectivity index (χ1v) is 4.19. The summed E-state index contributed by atoms with van der Waals surface area (Å²) >= 11 is 5.90. The van der Waals surface area contributed by atoms with Gasteiger partial charge in [-0.3, -0.25) is 0 Å². The maximum atomic E-state index is 8.96. The van der Waals surface area contributed by atoms with Crippen molar-refractivity contribution in [2.24, 2.45) is 0 Å². The Labute approximate surface area is 79.8 Å². The molecule has 0 aliphatic rings. The number of halogens is 1. The minimum Gasteiger partial charge on any atom is -0.390 e. The normalized spacial score (nSPS) is 11.0. The molecule has 0 unspecified atom stereocenters. The Morgan fingerprint density at radius 1 is 1.62 bits per heavy atom. The van der Waals surface area contributed by atoms with Gasteiger partial charge in [0, 0.05) is 6.20 Å². The van der Waals surface area contributed by atoms with Crippen LogP contribution in [0.25, 0.3) is 5.52 Å². The molecule has 0 aliphatic carbocycles. The molecule has 0 saturated heterocycles. The maximum absolute atomic E-state index is 8.96. The molecule has 0 bridgehead atoms. The van der Waals surface area contributed by atoms with Gasteiger partial charge < -0.3 is 9.51 Å². The lowest BCUT2D eigenvalue weighted by Gasteiger charge is -1.99. The van der Waals surface area contributed by atoms with E-state index in [1.165, 1.54) is 0 Å². The minimum absolute atomic E-state index is 0.124. The highest BCUT2D eigenvalue weighted by Crippen LogP contribution is 2.18. The second-order valence-corrected chi connectivity index (χ2v) is 3.14. The summed E-state index contributed by atoms with van der Waals surface area (Å²) in [4.78, 5) is 8.08. The van der Waals surface area contributed by atoms with Gasteiger partial charge in [0.1, 0.15) is 5.52 Å². The zero-order valence-corrected chi connectivity index (χ0v) is 7.78. The van der Waals surface area contributed by atoms with Crippen molar-refractivity contribution in [1.82, 2.24) is 14.4 Å². The van der Waals surface area contributed by atoms with Gasteiger partial charge in [-0.1, -0.05) is 11.6 Å². The number of aryl methyl sites for hydroxylation is 1. The fourth-order valence-electron chi connectivity index (χ4n) is 1.28. The molecule has 0 fully saturated rings. The molecule has 0 saturated carbocycles. The van der Waals surface area contributed by atoms with Crippen LogP contribution in [0, 0.1) is 6.92 Å². The van der Waals surface area contributed by atoms with Crippen LogP contribution in [0.3, 0.4) is 0 Å². The van der Waals surface area contributed by atoms with E-state index in [9.17, 15) is 0 Å². The standard InChI is InChI=1S/C8H8ClN3O/c1-5-2-12-4-10-6(3-13)7(12)8(9)11-5/h2,4,13H,3H2,1H3. The molecule has 2 heterocycles. The van der Waals surface area contributed by atoms with E-state index in [-0.39, 0.29) is 6.61 Å².